The van der Waals surface area contributed by atoms with E-state index in [-0.39, 0.29) is 12.5 Å². The van der Waals surface area contributed by atoms with Crippen LogP contribution in [-0.4, -0.2) is 29.1 Å². The summed E-state index contributed by atoms with van der Waals surface area (Å²) in [6.45, 7) is 2.78. The maximum atomic E-state index is 11.9. The van der Waals surface area contributed by atoms with Gasteiger partial charge in [0.2, 0.25) is 5.91 Å². The van der Waals surface area contributed by atoms with Crippen molar-refractivity contribution in [3.8, 4) is 0 Å². The zero-order valence-corrected chi connectivity index (χ0v) is 13.0. The lowest BCUT2D eigenvalue weighted by molar-refractivity contribution is -0.120. The smallest absolute Gasteiger partial charge is 0.224 e. The van der Waals surface area contributed by atoms with Gasteiger partial charge in [-0.2, -0.15) is 0 Å². The van der Waals surface area contributed by atoms with Gasteiger partial charge in [0, 0.05) is 34.7 Å². The van der Waals surface area contributed by atoms with Gasteiger partial charge < -0.3 is 15.4 Å². The number of hydrogen-bond donors (Lipinski definition) is 3. The molecule has 0 aliphatic heterocycles. The number of carbonyl (C=O) groups excluding carboxylic acids is 1. The van der Waals surface area contributed by atoms with E-state index in [1.54, 1.807) is 0 Å². The monoisotopic (exact) mass is 338 g/mol. The first kappa shape index (κ1) is 15.1. The van der Waals surface area contributed by atoms with Gasteiger partial charge in [0.05, 0.1) is 6.42 Å². The number of rotatable bonds is 6. The van der Waals surface area contributed by atoms with Crippen LogP contribution in [0.3, 0.4) is 0 Å². The SMILES string of the molecule is CC(CCO)CNC(=O)Cc1c[nH]c2cc(Br)ccc12. The van der Waals surface area contributed by atoms with Gasteiger partial charge in [0.1, 0.15) is 0 Å². The molecule has 3 N–H and O–H groups in total. The number of aromatic nitrogens is 1. The molecule has 1 atom stereocenters. The number of carbonyl (C=O) groups is 1. The van der Waals surface area contributed by atoms with Crippen molar-refractivity contribution >= 4 is 32.7 Å². The molecule has 1 amide bonds. The van der Waals surface area contributed by atoms with E-state index in [1.165, 1.54) is 0 Å². The van der Waals surface area contributed by atoms with E-state index in [0.29, 0.717) is 25.3 Å². The quantitative estimate of drug-likeness (QED) is 0.757. The van der Waals surface area contributed by atoms with Gasteiger partial charge in [-0.1, -0.05) is 28.9 Å². The Morgan fingerprint density at radius 2 is 2.30 bits per heavy atom. The van der Waals surface area contributed by atoms with Crippen LogP contribution in [0.1, 0.15) is 18.9 Å². The Kier molecular flexibility index (Phi) is 5.20. The summed E-state index contributed by atoms with van der Waals surface area (Å²) in [5.41, 5.74) is 2.02. The Balaban J connectivity index is 1.96. The Morgan fingerprint density at radius 1 is 1.50 bits per heavy atom. The van der Waals surface area contributed by atoms with Crippen molar-refractivity contribution in [1.29, 1.82) is 0 Å². The van der Waals surface area contributed by atoms with Crippen LogP contribution in [0, 0.1) is 5.92 Å². The molecule has 108 valence electrons. The van der Waals surface area contributed by atoms with Crippen molar-refractivity contribution in [1.82, 2.24) is 10.3 Å². The molecule has 1 unspecified atom stereocenters. The highest BCUT2D eigenvalue weighted by atomic mass is 79.9. The van der Waals surface area contributed by atoms with Gasteiger partial charge in [-0.05, 0) is 30.0 Å². The van der Waals surface area contributed by atoms with Crippen LogP contribution in [0.15, 0.2) is 28.9 Å². The molecule has 0 fully saturated rings. The zero-order chi connectivity index (χ0) is 14.5. The number of nitrogens with one attached hydrogen (secondary N) is 2. The number of hydrogen-bond acceptors (Lipinski definition) is 2. The largest absolute Gasteiger partial charge is 0.396 e. The molecule has 0 saturated carbocycles. The average Bonchev–Trinajstić information content (AvgIpc) is 2.79. The molecule has 1 heterocycles. The predicted octanol–water partition coefficient (Wildman–Crippen LogP) is 2.61. The summed E-state index contributed by atoms with van der Waals surface area (Å²) in [6, 6.07) is 5.98. The number of aliphatic hydroxyl groups excluding tert-OH is 1. The minimum absolute atomic E-state index is 0.0126. The molecule has 1 aromatic heterocycles. The summed E-state index contributed by atoms with van der Waals surface area (Å²) < 4.78 is 1.01. The highest BCUT2D eigenvalue weighted by molar-refractivity contribution is 9.10. The summed E-state index contributed by atoms with van der Waals surface area (Å²) in [5.74, 6) is 0.307. The molecule has 0 aliphatic carbocycles. The molecule has 0 spiro atoms. The third kappa shape index (κ3) is 3.84. The summed E-state index contributed by atoms with van der Waals surface area (Å²) in [5, 5.41) is 12.8. The highest BCUT2D eigenvalue weighted by Crippen LogP contribution is 2.22. The van der Waals surface area contributed by atoms with Crippen LogP contribution in [0.4, 0.5) is 0 Å². The van der Waals surface area contributed by atoms with Crippen LogP contribution in [-0.2, 0) is 11.2 Å². The first-order valence-corrected chi connectivity index (χ1v) is 7.52. The number of aromatic amines is 1. The number of H-pyrrole nitrogens is 1. The Bertz CT molecular complexity index is 595. The van der Waals surface area contributed by atoms with Gasteiger partial charge in [0.25, 0.3) is 0 Å². The van der Waals surface area contributed by atoms with E-state index in [2.05, 4.69) is 26.2 Å². The fourth-order valence-electron chi connectivity index (χ4n) is 2.15. The normalized spacial score (nSPS) is 12.6. The van der Waals surface area contributed by atoms with Gasteiger partial charge in [-0.25, -0.2) is 0 Å². The Morgan fingerprint density at radius 3 is 3.05 bits per heavy atom. The number of benzene rings is 1. The number of aliphatic hydroxyl groups is 1. The topological polar surface area (TPSA) is 65.1 Å². The molecular weight excluding hydrogens is 320 g/mol. The first-order valence-electron chi connectivity index (χ1n) is 6.73. The molecule has 0 bridgehead atoms. The van der Waals surface area contributed by atoms with Crippen LogP contribution in [0.2, 0.25) is 0 Å². The molecular formula is C15H19BrN2O2. The van der Waals surface area contributed by atoms with Crippen LogP contribution in [0.25, 0.3) is 10.9 Å². The standard InChI is InChI=1S/C15H19BrN2O2/c1-10(4-5-19)8-18-15(20)6-11-9-17-14-7-12(16)2-3-13(11)14/h2-3,7,9-10,17,19H,4-6,8H2,1H3,(H,18,20). The highest BCUT2D eigenvalue weighted by Gasteiger charge is 2.10. The Hall–Kier alpha value is -1.33. The van der Waals surface area contributed by atoms with Crippen LogP contribution < -0.4 is 5.32 Å². The molecule has 20 heavy (non-hydrogen) atoms. The molecule has 1 aromatic carbocycles. The maximum Gasteiger partial charge on any atom is 0.224 e. The summed E-state index contributed by atoms with van der Waals surface area (Å²) in [7, 11) is 0. The van der Waals surface area contributed by atoms with Gasteiger partial charge >= 0.3 is 0 Å². The second kappa shape index (κ2) is 6.90. The molecule has 5 heteroatoms. The van der Waals surface area contributed by atoms with Crippen molar-refractivity contribution in [2.24, 2.45) is 5.92 Å². The summed E-state index contributed by atoms with van der Waals surface area (Å²) >= 11 is 3.43. The van der Waals surface area contributed by atoms with E-state index in [0.717, 1.165) is 20.9 Å². The minimum atomic E-state index is 0.0126. The lowest BCUT2D eigenvalue weighted by Crippen LogP contribution is -2.29. The fourth-order valence-corrected chi connectivity index (χ4v) is 2.51. The first-order chi connectivity index (χ1) is 9.60. The fraction of sp³-hybridized carbons (Fsp3) is 0.400. The second-order valence-corrected chi connectivity index (χ2v) is 6.02. The van der Waals surface area contributed by atoms with Gasteiger partial charge in [-0.15, -0.1) is 0 Å². The average molecular weight is 339 g/mol. The van der Waals surface area contributed by atoms with Crippen molar-refractivity contribution in [3.63, 3.8) is 0 Å². The maximum absolute atomic E-state index is 11.9. The van der Waals surface area contributed by atoms with E-state index >= 15 is 0 Å². The molecule has 4 nitrogen and oxygen atoms in total. The van der Waals surface area contributed by atoms with E-state index < -0.39 is 0 Å². The molecule has 0 saturated heterocycles. The number of halogens is 1. The summed E-state index contributed by atoms with van der Waals surface area (Å²) in [4.78, 5) is 15.1. The lowest BCUT2D eigenvalue weighted by Gasteiger charge is -2.10. The second-order valence-electron chi connectivity index (χ2n) is 5.10. The van der Waals surface area contributed by atoms with Crippen LogP contribution >= 0.6 is 15.9 Å². The van der Waals surface area contributed by atoms with Crippen molar-refractivity contribution < 1.29 is 9.90 Å². The third-order valence-electron chi connectivity index (χ3n) is 3.35. The van der Waals surface area contributed by atoms with E-state index in [9.17, 15) is 4.79 Å². The Labute approximate surface area is 126 Å². The molecule has 2 rings (SSSR count). The molecule has 0 radical (unpaired) electrons. The minimum Gasteiger partial charge on any atom is -0.396 e. The molecule has 0 aliphatic rings. The van der Waals surface area contributed by atoms with Crippen molar-refractivity contribution in [2.75, 3.05) is 13.2 Å². The van der Waals surface area contributed by atoms with Gasteiger partial charge in [-0.3, -0.25) is 4.79 Å². The number of amides is 1. The van der Waals surface area contributed by atoms with E-state index in [4.69, 9.17) is 5.11 Å². The van der Waals surface area contributed by atoms with Crippen LogP contribution in [0.5, 0.6) is 0 Å². The lowest BCUT2D eigenvalue weighted by atomic mass is 10.1. The van der Waals surface area contributed by atoms with Crippen molar-refractivity contribution in [2.45, 2.75) is 19.8 Å². The van der Waals surface area contributed by atoms with Crippen molar-refractivity contribution in [3.05, 3.63) is 34.4 Å². The van der Waals surface area contributed by atoms with E-state index in [1.807, 2.05) is 31.3 Å². The van der Waals surface area contributed by atoms with Gasteiger partial charge in [0.15, 0.2) is 0 Å². The third-order valence-corrected chi connectivity index (χ3v) is 3.84. The number of fused-ring (bicyclic) bond motifs is 1. The molecule has 2 aromatic rings. The predicted molar refractivity (Wildman–Crippen MR) is 83.6 cm³/mol. The summed E-state index contributed by atoms with van der Waals surface area (Å²) in [6.07, 6.45) is 2.96. The zero-order valence-electron chi connectivity index (χ0n) is 11.4.